The largest absolute Gasteiger partial charge is 0.444 e. The van der Waals surface area contributed by atoms with Crippen LogP contribution in [-0.4, -0.2) is 51.9 Å². The van der Waals surface area contributed by atoms with Crippen molar-refractivity contribution in [1.29, 1.82) is 0 Å². The van der Waals surface area contributed by atoms with E-state index in [-0.39, 0.29) is 12.0 Å². The zero-order valence-corrected chi connectivity index (χ0v) is 21.2. The van der Waals surface area contributed by atoms with Gasteiger partial charge in [-0.2, -0.15) is 5.10 Å². The highest BCUT2D eigenvalue weighted by Crippen LogP contribution is 2.29. The van der Waals surface area contributed by atoms with Gasteiger partial charge in [0.25, 0.3) is 5.91 Å². The molecule has 1 aliphatic heterocycles. The lowest BCUT2D eigenvalue weighted by Gasteiger charge is -2.32. The minimum absolute atomic E-state index is 0.0180. The number of hydrogen-bond donors (Lipinski definition) is 1. The quantitative estimate of drug-likeness (QED) is 0.605. The van der Waals surface area contributed by atoms with Crippen molar-refractivity contribution < 1.29 is 14.3 Å². The van der Waals surface area contributed by atoms with E-state index in [0.717, 1.165) is 55.5 Å². The van der Waals surface area contributed by atoms with E-state index in [9.17, 15) is 9.59 Å². The van der Waals surface area contributed by atoms with Crippen LogP contribution in [0.2, 0.25) is 5.02 Å². The lowest BCUT2D eigenvalue weighted by molar-refractivity contribution is 0.0499. The van der Waals surface area contributed by atoms with E-state index in [0.29, 0.717) is 36.3 Å². The normalized spacial score (nSPS) is 17.1. The Kier molecular flexibility index (Phi) is 7.51. The maximum absolute atomic E-state index is 13.6. The summed E-state index contributed by atoms with van der Waals surface area (Å²) < 4.78 is 7.27. The van der Waals surface area contributed by atoms with Gasteiger partial charge in [-0.25, -0.2) is 9.48 Å². The van der Waals surface area contributed by atoms with Crippen LogP contribution >= 0.6 is 11.6 Å². The van der Waals surface area contributed by atoms with E-state index in [2.05, 4.69) is 5.32 Å². The molecule has 1 aliphatic carbocycles. The first-order chi connectivity index (χ1) is 16.2. The molecule has 0 spiro atoms. The van der Waals surface area contributed by atoms with Crippen molar-refractivity contribution in [1.82, 2.24) is 20.0 Å². The van der Waals surface area contributed by atoms with Gasteiger partial charge in [-0.3, -0.25) is 4.79 Å². The molecule has 2 heterocycles. The van der Waals surface area contributed by atoms with Crippen LogP contribution < -0.4 is 5.32 Å². The van der Waals surface area contributed by atoms with Gasteiger partial charge in [-0.15, -0.1) is 0 Å². The van der Waals surface area contributed by atoms with E-state index >= 15 is 0 Å². The summed E-state index contributed by atoms with van der Waals surface area (Å²) in [6.07, 6.45) is 6.48. The highest BCUT2D eigenvalue weighted by atomic mass is 35.5. The number of aromatic nitrogens is 2. The predicted molar refractivity (Wildman–Crippen MR) is 133 cm³/mol. The first kappa shape index (κ1) is 24.6. The smallest absolute Gasteiger partial charge is 0.407 e. The molecule has 0 atom stereocenters. The number of carbonyl (C=O) groups excluding carboxylic acids is 2. The molecule has 0 bridgehead atoms. The monoisotopic (exact) mass is 486 g/mol. The number of rotatable bonds is 4. The lowest BCUT2D eigenvalue weighted by Crippen LogP contribution is -2.42. The Bertz CT molecular complexity index is 1020. The second kappa shape index (κ2) is 10.4. The van der Waals surface area contributed by atoms with Crippen LogP contribution in [0.4, 0.5) is 4.79 Å². The third kappa shape index (κ3) is 5.93. The number of benzene rings is 1. The van der Waals surface area contributed by atoms with E-state index < -0.39 is 5.60 Å². The molecule has 1 saturated heterocycles. The Balaban J connectivity index is 1.43. The van der Waals surface area contributed by atoms with Crippen LogP contribution in [0.1, 0.15) is 74.6 Å². The highest BCUT2D eigenvalue weighted by molar-refractivity contribution is 6.30. The molecule has 0 unspecified atom stereocenters. The van der Waals surface area contributed by atoms with Crippen LogP contribution in [0.15, 0.2) is 24.3 Å². The van der Waals surface area contributed by atoms with Crippen LogP contribution in [0.3, 0.4) is 0 Å². The summed E-state index contributed by atoms with van der Waals surface area (Å²) in [5.74, 6) is 0.352. The minimum Gasteiger partial charge on any atom is -0.444 e. The maximum Gasteiger partial charge on any atom is 0.407 e. The number of carbonyl (C=O) groups is 2. The molecular formula is C26H35ClN4O3. The fourth-order valence-corrected chi connectivity index (χ4v) is 4.90. The second-order valence-electron chi connectivity index (χ2n) is 10.3. The fourth-order valence-electron chi connectivity index (χ4n) is 4.78. The Labute approximate surface area is 206 Å². The van der Waals surface area contributed by atoms with Gasteiger partial charge in [-0.05, 0) is 89.5 Å². The maximum atomic E-state index is 13.6. The molecule has 1 aromatic heterocycles. The lowest BCUT2D eigenvalue weighted by atomic mass is 9.96. The number of nitrogens with zero attached hydrogens (tertiary/aromatic N) is 3. The summed E-state index contributed by atoms with van der Waals surface area (Å²) in [5.41, 5.74) is 3.28. The third-order valence-corrected chi connectivity index (χ3v) is 6.79. The fraction of sp³-hybridized carbons (Fsp3) is 0.577. The average molecular weight is 487 g/mol. The molecule has 2 amide bonds. The van der Waals surface area contributed by atoms with Crippen LogP contribution in [0.25, 0.3) is 5.69 Å². The van der Waals surface area contributed by atoms with E-state index in [4.69, 9.17) is 21.4 Å². The Morgan fingerprint density at radius 1 is 1.09 bits per heavy atom. The van der Waals surface area contributed by atoms with E-state index in [1.54, 1.807) is 0 Å². The molecule has 0 radical (unpaired) electrons. The summed E-state index contributed by atoms with van der Waals surface area (Å²) in [5, 5.41) is 8.38. The van der Waals surface area contributed by atoms with Gasteiger partial charge in [0.05, 0.1) is 5.69 Å². The molecule has 7 nitrogen and oxygen atoms in total. The Morgan fingerprint density at radius 3 is 2.44 bits per heavy atom. The highest BCUT2D eigenvalue weighted by Gasteiger charge is 2.30. The zero-order valence-electron chi connectivity index (χ0n) is 20.4. The minimum atomic E-state index is -0.507. The number of amides is 2. The molecule has 1 N–H and O–H groups in total. The Morgan fingerprint density at radius 2 is 1.76 bits per heavy atom. The van der Waals surface area contributed by atoms with Gasteiger partial charge < -0.3 is 15.0 Å². The van der Waals surface area contributed by atoms with Crippen molar-refractivity contribution >= 4 is 23.6 Å². The Hall–Kier alpha value is -2.54. The summed E-state index contributed by atoms with van der Waals surface area (Å²) >= 11 is 6.08. The number of fused-ring (bicyclic) bond motifs is 1. The third-order valence-electron chi connectivity index (χ3n) is 6.54. The number of likely N-dealkylation sites (tertiary alicyclic amines) is 1. The van der Waals surface area contributed by atoms with Crippen molar-refractivity contribution in [3.8, 4) is 5.69 Å². The molecular weight excluding hydrogens is 452 g/mol. The van der Waals surface area contributed by atoms with Gasteiger partial charge in [0.1, 0.15) is 5.60 Å². The molecule has 4 rings (SSSR count). The SMILES string of the molecule is CC(C)(C)OC(=O)NCC1CCN(C(=O)c2nn(-c3ccc(Cl)cc3)c3c2CCCCC3)CC1. The summed E-state index contributed by atoms with van der Waals surface area (Å²) in [7, 11) is 0. The molecule has 1 aromatic carbocycles. The van der Waals surface area contributed by atoms with Gasteiger partial charge >= 0.3 is 6.09 Å². The van der Waals surface area contributed by atoms with E-state index in [1.165, 1.54) is 6.42 Å². The number of nitrogens with one attached hydrogen (secondary N) is 1. The van der Waals surface area contributed by atoms with Crippen molar-refractivity contribution in [3.63, 3.8) is 0 Å². The summed E-state index contributed by atoms with van der Waals surface area (Å²) in [6.45, 7) is 7.46. The number of alkyl carbamates (subject to hydrolysis) is 1. The van der Waals surface area contributed by atoms with Gasteiger partial charge in [-0.1, -0.05) is 18.0 Å². The number of halogens is 1. The van der Waals surface area contributed by atoms with Crippen LogP contribution in [0.5, 0.6) is 0 Å². The zero-order chi connectivity index (χ0) is 24.3. The van der Waals surface area contributed by atoms with Crippen molar-refractivity contribution in [2.75, 3.05) is 19.6 Å². The van der Waals surface area contributed by atoms with Gasteiger partial charge in [0.2, 0.25) is 0 Å². The van der Waals surface area contributed by atoms with Crippen molar-refractivity contribution in [2.24, 2.45) is 5.92 Å². The second-order valence-corrected chi connectivity index (χ2v) is 10.8. The van der Waals surface area contributed by atoms with Crippen LogP contribution in [0, 0.1) is 5.92 Å². The summed E-state index contributed by atoms with van der Waals surface area (Å²) in [4.78, 5) is 27.4. The van der Waals surface area contributed by atoms with E-state index in [1.807, 2.05) is 54.6 Å². The van der Waals surface area contributed by atoms with Gasteiger partial charge in [0.15, 0.2) is 5.69 Å². The number of ether oxygens (including phenoxy) is 1. The number of hydrogen-bond acceptors (Lipinski definition) is 4. The van der Waals surface area contributed by atoms with Gasteiger partial charge in [0, 0.05) is 35.9 Å². The molecule has 184 valence electrons. The topological polar surface area (TPSA) is 76.5 Å². The van der Waals surface area contributed by atoms with Crippen LogP contribution in [-0.2, 0) is 17.6 Å². The number of piperidine rings is 1. The first-order valence-electron chi connectivity index (χ1n) is 12.3. The molecule has 2 aliphatic rings. The molecule has 0 saturated carbocycles. The first-order valence-corrected chi connectivity index (χ1v) is 12.7. The molecule has 2 aromatic rings. The average Bonchev–Trinajstić information content (AvgIpc) is 2.97. The van der Waals surface area contributed by atoms with Crippen molar-refractivity contribution in [2.45, 2.75) is 71.3 Å². The molecule has 8 heteroatoms. The van der Waals surface area contributed by atoms with Crippen molar-refractivity contribution in [3.05, 3.63) is 46.2 Å². The standard InChI is InChI=1S/C26H35ClN4O3/c1-26(2,3)34-25(33)28-17-18-13-15-30(16-14-18)24(32)23-21-7-5-4-6-8-22(21)31(29-23)20-11-9-19(27)10-12-20/h9-12,18H,4-8,13-17H2,1-3H3,(H,28,33). The predicted octanol–water partition coefficient (Wildman–Crippen LogP) is 5.17. The molecule has 1 fully saturated rings. The summed E-state index contributed by atoms with van der Waals surface area (Å²) in [6, 6.07) is 7.63. The molecule has 34 heavy (non-hydrogen) atoms.